The number of aromatic nitrogens is 2. The van der Waals surface area contributed by atoms with E-state index < -0.39 is 17.9 Å². The van der Waals surface area contributed by atoms with Gasteiger partial charge < -0.3 is 15.3 Å². The second-order valence-corrected chi connectivity index (χ2v) is 16.1. The van der Waals surface area contributed by atoms with Gasteiger partial charge in [-0.2, -0.15) is 0 Å². The number of aliphatic carboxylic acids is 1. The Kier molecular flexibility index (Phi) is 10.8. The zero-order chi connectivity index (χ0) is 35.4. The number of nitrogens with one attached hydrogen (secondary N) is 1. The van der Waals surface area contributed by atoms with Gasteiger partial charge in [0, 0.05) is 47.9 Å². The first-order valence-corrected chi connectivity index (χ1v) is 18.7. The van der Waals surface area contributed by atoms with E-state index in [0.717, 1.165) is 33.0 Å². The molecule has 4 aromatic rings. The van der Waals surface area contributed by atoms with Crippen LogP contribution in [0.2, 0.25) is 0 Å². The predicted octanol–water partition coefficient (Wildman–Crippen LogP) is 8.13. The van der Waals surface area contributed by atoms with Crippen LogP contribution in [0, 0.1) is 11.8 Å². The fraction of sp³-hybridized carbons (Fsp3) is 0.439. The van der Waals surface area contributed by atoms with Crippen LogP contribution in [0.15, 0.2) is 73.1 Å². The van der Waals surface area contributed by atoms with E-state index in [1.807, 2.05) is 42.7 Å². The highest BCUT2D eigenvalue weighted by Crippen LogP contribution is 2.37. The zero-order valence-electron chi connectivity index (χ0n) is 29.5. The van der Waals surface area contributed by atoms with Gasteiger partial charge in [0.1, 0.15) is 6.04 Å². The van der Waals surface area contributed by atoms with E-state index in [0.29, 0.717) is 29.6 Å². The number of benzene rings is 2. The topological polar surface area (TPSA) is 112 Å². The lowest BCUT2D eigenvalue weighted by Gasteiger charge is -2.28. The minimum Gasteiger partial charge on any atom is -0.481 e. The van der Waals surface area contributed by atoms with Crippen molar-refractivity contribution in [3.05, 3.63) is 93.9 Å². The molecule has 0 bridgehead atoms. The summed E-state index contributed by atoms with van der Waals surface area (Å²) in [4.78, 5) is 51.2. The molecule has 2 fully saturated rings. The number of rotatable bonds is 10. The Balaban J connectivity index is 1.13. The molecule has 6 rings (SSSR count). The summed E-state index contributed by atoms with van der Waals surface area (Å²) in [5, 5.41) is 12.5. The van der Waals surface area contributed by atoms with E-state index in [1.54, 1.807) is 11.0 Å². The Bertz CT molecular complexity index is 1790. The maximum Gasteiger partial charge on any atom is 0.308 e. The number of nitrogens with zero attached hydrogens (tertiary/aromatic N) is 3. The molecule has 9 heteroatoms. The average molecular weight is 693 g/mol. The van der Waals surface area contributed by atoms with Crippen molar-refractivity contribution in [1.29, 1.82) is 0 Å². The molecule has 50 heavy (non-hydrogen) atoms. The molecule has 0 radical (unpaired) electrons. The average Bonchev–Trinajstić information content (AvgIpc) is 3.84. The van der Waals surface area contributed by atoms with Gasteiger partial charge in [-0.15, -0.1) is 11.3 Å². The van der Waals surface area contributed by atoms with Crippen molar-refractivity contribution in [3.8, 4) is 22.5 Å². The van der Waals surface area contributed by atoms with E-state index in [9.17, 15) is 19.5 Å². The number of carboxylic acids is 1. The number of hydrogen-bond donors (Lipinski definition) is 2. The molecule has 0 spiro atoms. The van der Waals surface area contributed by atoms with Gasteiger partial charge in [0.15, 0.2) is 5.82 Å². The first-order chi connectivity index (χ1) is 24.0. The number of likely N-dealkylation sites (tertiary alicyclic amines) is 1. The van der Waals surface area contributed by atoms with Crippen molar-refractivity contribution in [2.24, 2.45) is 11.8 Å². The van der Waals surface area contributed by atoms with Crippen molar-refractivity contribution in [1.82, 2.24) is 20.2 Å². The summed E-state index contributed by atoms with van der Waals surface area (Å²) in [6.45, 7) is 9.09. The van der Waals surface area contributed by atoms with Crippen LogP contribution in [0.25, 0.3) is 22.5 Å². The van der Waals surface area contributed by atoms with E-state index >= 15 is 0 Å². The molecular formula is C41H48N4O4S. The number of amides is 2. The van der Waals surface area contributed by atoms with Crippen molar-refractivity contribution in [2.45, 2.75) is 90.0 Å². The van der Waals surface area contributed by atoms with Crippen LogP contribution < -0.4 is 5.32 Å². The fourth-order valence-electron chi connectivity index (χ4n) is 7.18. The molecule has 0 unspecified atom stereocenters. The first kappa shape index (κ1) is 35.5. The lowest BCUT2D eigenvalue weighted by atomic mass is 9.78. The van der Waals surface area contributed by atoms with Gasteiger partial charge in [0.05, 0.1) is 10.8 Å². The number of carbonyl (C=O) groups is 3. The third-order valence-corrected chi connectivity index (χ3v) is 12.0. The van der Waals surface area contributed by atoms with Gasteiger partial charge in [0.25, 0.3) is 5.91 Å². The van der Waals surface area contributed by atoms with Crippen LogP contribution in [0.4, 0.5) is 0 Å². The normalized spacial score (nSPS) is 20.0. The highest BCUT2D eigenvalue weighted by Gasteiger charge is 2.35. The van der Waals surface area contributed by atoms with Gasteiger partial charge in [-0.3, -0.25) is 14.4 Å². The second kappa shape index (κ2) is 15.3. The Morgan fingerprint density at radius 1 is 0.880 bits per heavy atom. The van der Waals surface area contributed by atoms with Crippen LogP contribution in [0.3, 0.4) is 0 Å². The van der Waals surface area contributed by atoms with Gasteiger partial charge >= 0.3 is 5.97 Å². The maximum atomic E-state index is 13.7. The number of carbonyl (C=O) groups excluding carboxylic acids is 2. The zero-order valence-corrected chi connectivity index (χ0v) is 30.3. The summed E-state index contributed by atoms with van der Waals surface area (Å²) in [5.41, 5.74) is 5.11. The monoisotopic (exact) mass is 692 g/mol. The lowest BCUT2D eigenvalue weighted by Crippen LogP contribution is -2.49. The van der Waals surface area contributed by atoms with Crippen molar-refractivity contribution in [3.63, 3.8) is 0 Å². The smallest absolute Gasteiger partial charge is 0.308 e. The van der Waals surface area contributed by atoms with Crippen LogP contribution in [-0.2, 0) is 21.4 Å². The molecule has 2 aliphatic rings. The SMILES string of the molecule is CC[C@H]1CC[C@H](c2ccc(-c3cnc(-c4ccc(C[C@H](NC(=O)c5ccc(C(C)(C)C)s5)C(=O)N5CC[C@H](C(=O)O)C5)cc4)nc3)cc2)CC1. The van der Waals surface area contributed by atoms with Crippen LogP contribution in [-0.4, -0.2) is 56.9 Å². The largest absolute Gasteiger partial charge is 0.481 e. The second-order valence-electron chi connectivity index (χ2n) is 15.0. The molecule has 8 nitrogen and oxygen atoms in total. The van der Waals surface area contributed by atoms with Gasteiger partial charge in [-0.05, 0) is 78.2 Å². The number of hydrogen-bond acceptors (Lipinski definition) is 6. The summed E-state index contributed by atoms with van der Waals surface area (Å²) < 4.78 is 0. The molecule has 2 aromatic carbocycles. The Morgan fingerprint density at radius 3 is 2.12 bits per heavy atom. The van der Waals surface area contributed by atoms with Crippen molar-refractivity contribution >= 4 is 29.1 Å². The number of thiophene rings is 1. The summed E-state index contributed by atoms with van der Waals surface area (Å²) in [6, 6.07) is 19.5. The number of carboxylic acid groups (broad SMARTS) is 1. The Morgan fingerprint density at radius 2 is 1.54 bits per heavy atom. The van der Waals surface area contributed by atoms with Gasteiger partial charge in [-0.25, -0.2) is 9.97 Å². The van der Waals surface area contributed by atoms with Gasteiger partial charge in [0.2, 0.25) is 5.91 Å². The minimum atomic E-state index is -0.905. The molecule has 2 aromatic heterocycles. The summed E-state index contributed by atoms with van der Waals surface area (Å²) >= 11 is 1.42. The quantitative estimate of drug-likeness (QED) is 0.174. The minimum absolute atomic E-state index is 0.0931. The van der Waals surface area contributed by atoms with E-state index in [1.165, 1.54) is 49.0 Å². The van der Waals surface area contributed by atoms with E-state index in [2.05, 4.69) is 67.2 Å². The third kappa shape index (κ3) is 8.32. The molecular weight excluding hydrogens is 645 g/mol. The molecule has 1 aliphatic heterocycles. The van der Waals surface area contributed by atoms with Crippen molar-refractivity contribution < 1.29 is 19.5 Å². The van der Waals surface area contributed by atoms with Gasteiger partial charge in [-0.1, -0.05) is 82.6 Å². The molecule has 1 aliphatic carbocycles. The third-order valence-electron chi connectivity index (χ3n) is 10.5. The van der Waals surface area contributed by atoms with E-state index in [4.69, 9.17) is 0 Å². The lowest BCUT2D eigenvalue weighted by molar-refractivity contribution is -0.141. The van der Waals surface area contributed by atoms with Crippen LogP contribution in [0.1, 0.15) is 97.8 Å². The standard InChI is InChI=1S/C41H48N4O4S/c1-5-26-6-10-28(11-7-26)29-14-16-30(17-15-29)33-23-42-37(43-24-33)31-12-8-27(9-13-31)22-34(39(47)45-21-20-32(25-45)40(48)49)44-38(46)35-18-19-36(50-35)41(2,3)4/h8-9,12-19,23-24,26,28,32,34H,5-7,10-11,20-22,25H2,1-4H3,(H,44,46)(H,48,49)/t26-,28-,32-,34-/m0/s1. The predicted molar refractivity (Wildman–Crippen MR) is 198 cm³/mol. The van der Waals surface area contributed by atoms with Crippen LogP contribution >= 0.6 is 11.3 Å². The molecule has 262 valence electrons. The Hall–Kier alpha value is -4.37. The first-order valence-electron chi connectivity index (χ1n) is 17.9. The van der Waals surface area contributed by atoms with Crippen LogP contribution in [0.5, 0.6) is 0 Å². The molecule has 2 atom stereocenters. The van der Waals surface area contributed by atoms with Crippen molar-refractivity contribution in [2.75, 3.05) is 13.1 Å². The Labute approximate surface area is 299 Å². The maximum absolute atomic E-state index is 13.7. The fourth-order valence-corrected chi connectivity index (χ4v) is 8.15. The molecule has 2 amide bonds. The molecule has 1 saturated carbocycles. The highest BCUT2D eigenvalue weighted by atomic mass is 32.1. The summed E-state index contributed by atoms with van der Waals surface area (Å²) in [7, 11) is 0. The molecule has 1 saturated heterocycles. The summed E-state index contributed by atoms with van der Waals surface area (Å²) in [6.07, 6.45) is 10.9. The van der Waals surface area contributed by atoms with E-state index in [-0.39, 0.29) is 30.2 Å². The molecule has 3 heterocycles. The highest BCUT2D eigenvalue weighted by molar-refractivity contribution is 7.14. The summed E-state index contributed by atoms with van der Waals surface area (Å²) in [5.74, 6) is 0.0754. The molecule has 2 N–H and O–H groups in total.